The SMILES string of the molecule is COCCCOc1ccccc1C[C@H]1CCCN(C(=O)N[C@@H](CC2CCCCC2)[C@H](O)CNCc2ccc(C#N)cc2)C1. The number of benzene rings is 2. The molecule has 1 saturated carbocycles. The number of amides is 2. The quantitative estimate of drug-likeness (QED) is 0.239. The van der Waals surface area contributed by atoms with E-state index in [1.165, 1.54) is 24.8 Å². The molecule has 0 bridgehead atoms. The first-order valence-corrected chi connectivity index (χ1v) is 16.2. The number of para-hydroxylation sites is 1. The van der Waals surface area contributed by atoms with Gasteiger partial charge in [-0.15, -0.1) is 0 Å². The van der Waals surface area contributed by atoms with E-state index < -0.39 is 6.10 Å². The Morgan fingerprint density at radius 2 is 1.81 bits per heavy atom. The van der Waals surface area contributed by atoms with Gasteiger partial charge in [-0.3, -0.25) is 0 Å². The lowest BCUT2D eigenvalue weighted by atomic mass is 9.83. The van der Waals surface area contributed by atoms with E-state index in [1.807, 2.05) is 29.2 Å². The van der Waals surface area contributed by atoms with E-state index in [0.717, 1.165) is 62.8 Å². The molecule has 2 fully saturated rings. The van der Waals surface area contributed by atoms with Crippen molar-refractivity contribution in [1.29, 1.82) is 5.26 Å². The van der Waals surface area contributed by atoms with Crippen molar-refractivity contribution in [3.63, 3.8) is 0 Å². The molecule has 2 aromatic rings. The fourth-order valence-corrected chi connectivity index (χ4v) is 6.47. The summed E-state index contributed by atoms with van der Waals surface area (Å²) >= 11 is 0. The van der Waals surface area contributed by atoms with Gasteiger partial charge in [0.15, 0.2) is 0 Å². The van der Waals surface area contributed by atoms with Crippen LogP contribution in [-0.4, -0.2) is 68.1 Å². The number of carbonyl (C=O) groups excluding carboxylic acids is 1. The minimum atomic E-state index is -0.688. The average molecular weight is 591 g/mol. The molecule has 3 N–H and O–H groups in total. The van der Waals surface area contributed by atoms with Crippen LogP contribution < -0.4 is 15.4 Å². The first kappa shape index (κ1) is 32.8. The molecule has 8 nitrogen and oxygen atoms in total. The summed E-state index contributed by atoms with van der Waals surface area (Å²) in [6, 6.07) is 17.5. The third kappa shape index (κ3) is 10.8. The van der Waals surface area contributed by atoms with Crippen molar-refractivity contribution in [2.75, 3.05) is 40.0 Å². The van der Waals surface area contributed by atoms with Crippen LogP contribution in [-0.2, 0) is 17.7 Å². The largest absolute Gasteiger partial charge is 0.493 e. The van der Waals surface area contributed by atoms with Crippen molar-refractivity contribution in [2.24, 2.45) is 11.8 Å². The molecule has 1 saturated heterocycles. The maximum Gasteiger partial charge on any atom is 0.317 e. The monoisotopic (exact) mass is 590 g/mol. The van der Waals surface area contributed by atoms with Gasteiger partial charge in [0.2, 0.25) is 0 Å². The standard InChI is InChI=1S/C35H50N4O4/c1-42-19-8-20-43-34-13-6-5-12-31(34)21-30-11-7-18-39(26-30)35(41)38-32(22-27-9-3-2-4-10-27)33(40)25-37-24-29-16-14-28(23-36)15-17-29/h5-6,12-17,27,30,32-33,37,40H,2-4,7-11,18-22,24-26H2,1H3,(H,38,41)/t30-,32+,33-/m1/s1. The summed E-state index contributed by atoms with van der Waals surface area (Å²) in [6.45, 7) is 3.73. The zero-order valence-corrected chi connectivity index (χ0v) is 25.8. The number of aliphatic hydroxyl groups is 1. The Labute approximate surface area is 257 Å². The molecule has 0 unspecified atom stereocenters. The Morgan fingerprint density at radius 1 is 1.05 bits per heavy atom. The number of hydrogen-bond acceptors (Lipinski definition) is 6. The van der Waals surface area contributed by atoms with E-state index >= 15 is 0 Å². The molecule has 1 heterocycles. The van der Waals surface area contributed by atoms with Crippen molar-refractivity contribution in [3.05, 3.63) is 65.2 Å². The van der Waals surface area contributed by atoms with Gasteiger partial charge in [0, 0.05) is 46.3 Å². The zero-order chi connectivity index (χ0) is 30.3. The number of nitrogens with zero attached hydrogens (tertiary/aromatic N) is 2. The minimum absolute atomic E-state index is 0.0687. The highest BCUT2D eigenvalue weighted by Gasteiger charge is 2.30. The van der Waals surface area contributed by atoms with Gasteiger partial charge < -0.3 is 30.1 Å². The van der Waals surface area contributed by atoms with Gasteiger partial charge in [-0.25, -0.2) is 4.79 Å². The topological polar surface area (TPSA) is 107 Å². The fraction of sp³-hybridized carbons (Fsp3) is 0.600. The van der Waals surface area contributed by atoms with Crippen LogP contribution >= 0.6 is 0 Å². The predicted octanol–water partition coefficient (Wildman–Crippen LogP) is 5.43. The number of nitrogens with one attached hydrogen (secondary N) is 2. The zero-order valence-electron chi connectivity index (χ0n) is 25.8. The van der Waals surface area contributed by atoms with Crippen molar-refractivity contribution < 1.29 is 19.4 Å². The lowest BCUT2D eigenvalue weighted by Crippen LogP contribution is -2.54. The molecule has 2 aliphatic rings. The highest BCUT2D eigenvalue weighted by atomic mass is 16.5. The van der Waals surface area contributed by atoms with Gasteiger partial charge in [-0.1, -0.05) is 62.4 Å². The molecule has 2 amide bonds. The molecule has 0 aromatic heterocycles. The normalized spacial score (nSPS) is 18.9. The van der Waals surface area contributed by atoms with Crippen LogP contribution in [0.1, 0.15) is 74.5 Å². The number of methoxy groups -OCH3 is 1. The lowest BCUT2D eigenvalue weighted by Gasteiger charge is -2.36. The summed E-state index contributed by atoms with van der Waals surface area (Å²) in [5, 5.41) is 26.9. The summed E-state index contributed by atoms with van der Waals surface area (Å²) in [5.41, 5.74) is 2.88. The molecule has 8 heteroatoms. The smallest absolute Gasteiger partial charge is 0.317 e. The molecule has 0 radical (unpaired) electrons. The second-order valence-corrected chi connectivity index (χ2v) is 12.3. The molecular weight excluding hydrogens is 540 g/mol. The molecule has 1 aliphatic carbocycles. The van der Waals surface area contributed by atoms with Crippen LogP contribution in [0.2, 0.25) is 0 Å². The molecule has 43 heavy (non-hydrogen) atoms. The maximum absolute atomic E-state index is 13.6. The Kier molecular flexibility index (Phi) is 13.6. The Bertz CT molecular complexity index is 1150. The van der Waals surface area contributed by atoms with Gasteiger partial charge in [0.05, 0.1) is 30.4 Å². The first-order valence-electron chi connectivity index (χ1n) is 16.2. The number of hydrogen-bond donors (Lipinski definition) is 3. The van der Waals surface area contributed by atoms with Crippen molar-refractivity contribution >= 4 is 6.03 Å². The summed E-state index contributed by atoms with van der Waals surface area (Å²) in [5.74, 6) is 1.81. The third-order valence-electron chi connectivity index (χ3n) is 8.89. The summed E-state index contributed by atoms with van der Waals surface area (Å²) < 4.78 is 11.2. The molecule has 1 aliphatic heterocycles. The van der Waals surface area contributed by atoms with Crippen molar-refractivity contribution in [1.82, 2.24) is 15.5 Å². The second kappa shape index (κ2) is 17.9. The summed E-state index contributed by atoms with van der Waals surface area (Å²) in [6.07, 6.45) is 9.94. The molecule has 2 aromatic carbocycles. The van der Waals surface area contributed by atoms with Crippen LogP contribution in [0.4, 0.5) is 4.79 Å². The van der Waals surface area contributed by atoms with Crippen LogP contribution in [0.3, 0.4) is 0 Å². The number of piperidine rings is 1. The number of rotatable bonds is 15. The predicted molar refractivity (Wildman–Crippen MR) is 169 cm³/mol. The number of nitriles is 1. The van der Waals surface area contributed by atoms with E-state index in [-0.39, 0.29) is 12.1 Å². The van der Waals surface area contributed by atoms with Crippen LogP contribution in [0.5, 0.6) is 5.75 Å². The van der Waals surface area contributed by atoms with E-state index in [4.69, 9.17) is 14.7 Å². The van der Waals surface area contributed by atoms with E-state index in [2.05, 4.69) is 28.8 Å². The minimum Gasteiger partial charge on any atom is -0.493 e. The Hall–Kier alpha value is -3.12. The first-order chi connectivity index (χ1) is 21.1. The van der Waals surface area contributed by atoms with Crippen LogP contribution in [0.15, 0.2) is 48.5 Å². The van der Waals surface area contributed by atoms with Crippen molar-refractivity contribution in [2.45, 2.75) is 82.9 Å². The molecule has 4 rings (SSSR count). The average Bonchev–Trinajstić information content (AvgIpc) is 3.04. The molecule has 3 atom stereocenters. The summed E-state index contributed by atoms with van der Waals surface area (Å²) in [4.78, 5) is 15.5. The second-order valence-electron chi connectivity index (χ2n) is 12.3. The number of carbonyl (C=O) groups is 1. The van der Waals surface area contributed by atoms with E-state index in [9.17, 15) is 9.90 Å². The summed E-state index contributed by atoms with van der Waals surface area (Å²) in [7, 11) is 1.70. The number of ether oxygens (including phenoxy) is 2. The number of aliphatic hydroxyl groups excluding tert-OH is 1. The van der Waals surface area contributed by atoms with Crippen LogP contribution in [0, 0.1) is 23.2 Å². The molecule has 234 valence electrons. The van der Waals surface area contributed by atoms with Crippen LogP contribution in [0.25, 0.3) is 0 Å². The third-order valence-corrected chi connectivity index (χ3v) is 8.89. The highest BCUT2D eigenvalue weighted by molar-refractivity contribution is 5.74. The van der Waals surface area contributed by atoms with Gasteiger partial charge in [-0.05, 0) is 66.8 Å². The van der Waals surface area contributed by atoms with Gasteiger partial charge in [-0.2, -0.15) is 5.26 Å². The molecular formula is C35H50N4O4. The Balaban J connectivity index is 1.32. The Morgan fingerprint density at radius 3 is 2.58 bits per heavy atom. The molecule has 0 spiro atoms. The lowest BCUT2D eigenvalue weighted by molar-refractivity contribution is 0.0996. The van der Waals surface area contributed by atoms with Gasteiger partial charge in [0.1, 0.15) is 5.75 Å². The van der Waals surface area contributed by atoms with Gasteiger partial charge in [0.25, 0.3) is 0 Å². The number of likely N-dealkylation sites (tertiary alicyclic amines) is 1. The number of urea groups is 1. The highest BCUT2D eigenvalue weighted by Crippen LogP contribution is 2.29. The van der Waals surface area contributed by atoms with E-state index in [1.54, 1.807) is 19.2 Å². The van der Waals surface area contributed by atoms with Gasteiger partial charge >= 0.3 is 6.03 Å². The fourth-order valence-electron chi connectivity index (χ4n) is 6.47. The maximum atomic E-state index is 13.6. The van der Waals surface area contributed by atoms with E-state index in [0.29, 0.717) is 50.2 Å². The van der Waals surface area contributed by atoms with Crippen molar-refractivity contribution in [3.8, 4) is 11.8 Å².